The van der Waals surface area contributed by atoms with Gasteiger partial charge in [-0.05, 0) is 56.8 Å². The fourth-order valence-electron chi connectivity index (χ4n) is 3.66. The van der Waals surface area contributed by atoms with Gasteiger partial charge in [0.25, 0.3) is 6.47 Å². The number of likely N-dealkylation sites (N-methyl/N-ethyl adjacent to an activating group) is 1. The molecule has 3 heterocycles. The number of carboxylic acid groups (broad SMARTS) is 1. The maximum absolute atomic E-state index is 12.9. The summed E-state index contributed by atoms with van der Waals surface area (Å²) in [5, 5.41) is 29.7. The minimum atomic E-state index is -4.54. The molecule has 1 saturated heterocycles. The lowest BCUT2D eigenvalue weighted by atomic mass is 10.0. The first-order valence-corrected chi connectivity index (χ1v) is 9.79. The number of fused-ring (bicyclic) bond motifs is 1. The molecule has 32 heavy (non-hydrogen) atoms. The Balaban J connectivity index is 0.000000913. The second-order valence-electron chi connectivity index (χ2n) is 7.38. The summed E-state index contributed by atoms with van der Waals surface area (Å²) < 4.78 is 38.7. The number of pyridine rings is 1. The number of nitrogens with zero attached hydrogens (tertiary/aromatic N) is 4. The molecule has 0 amide bonds. The van der Waals surface area contributed by atoms with Gasteiger partial charge in [0, 0.05) is 29.7 Å². The minimum Gasteiger partial charge on any atom is -0.507 e. The highest BCUT2D eigenvalue weighted by molar-refractivity contribution is 5.98. The average Bonchev–Trinajstić information content (AvgIpc) is 2.74. The summed E-state index contributed by atoms with van der Waals surface area (Å²) in [6.07, 6.45) is -0.875. The van der Waals surface area contributed by atoms with E-state index in [1.807, 2.05) is 6.07 Å². The molecular formula is C21H22F3N5O3. The number of aromatic nitrogens is 3. The van der Waals surface area contributed by atoms with Crippen molar-refractivity contribution in [2.75, 3.05) is 25.5 Å². The average molecular weight is 449 g/mol. The number of rotatable bonds is 3. The molecule has 1 aliphatic rings. The van der Waals surface area contributed by atoms with Gasteiger partial charge < -0.3 is 20.4 Å². The van der Waals surface area contributed by atoms with Gasteiger partial charge in [0.15, 0.2) is 5.82 Å². The maximum atomic E-state index is 12.9. The van der Waals surface area contributed by atoms with Crippen LogP contribution < -0.4 is 5.32 Å². The summed E-state index contributed by atoms with van der Waals surface area (Å²) in [4.78, 5) is 15.0. The Bertz CT molecular complexity index is 1090. The number of piperidine rings is 1. The molecule has 3 aromatic rings. The molecule has 8 nitrogen and oxygen atoms in total. The zero-order valence-corrected chi connectivity index (χ0v) is 17.2. The van der Waals surface area contributed by atoms with Crippen LogP contribution in [0.2, 0.25) is 0 Å². The highest BCUT2D eigenvalue weighted by Gasteiger charge is 2.31. The smallest absolute Gasteiger partial charge is 0.416 e. The van der Waals surface area contributed by atoms with E-state index in [2.05, 4.69) is 32.4 Å². The van der Waals surface area contributed by atoms with Crippen molar-refractivity contribution in [3.63, 3.8) is 0 Å². The fourth-order valence-corrected chi connectivity index (χ4v) is 3.66. The molecule has 1 fully saturated rings. The molecule has 0 bridgehead atoms. The number of phenolic OH excluding ortho intramolecular Hbond substituents is 1. The van der Waals surface area contributed by atoms with E-state index >= 15 is 0 Å². The molecule has 0 saturated carbocycles. The Morgan fingerprint density at radius 2 is 2.00 bits per heavy atom. The van der Waals surface area contributed by atoms with Gasteiger partial charge >= 0.3 is 6.18 Å². The van der Waals surface area contributed by atoms with E-state index in [9.17, 15) is 18.3 Å². The van der Waals surface area contributed by atoms with E-state index in [-0.39, 0.29) is 23.8 Å². The standard InChI is InChI=1S/C20H20F3N5O.CH2O2/c1-28-9-3-4-13(11-28)25-19-15-5-2-8-24-17(15)18(26-27-19)14-7-6-12(10-16(14)29)20(21,22)23;2-1-3/h2,5-8,10,13,29H,3-4,9,11H2,1H3,(H,25,27);1H,(H,2,3)/t13-;/m1./s1. The van der Waals surface area contributed by atoms with Gasteiger partial charge in [-0.2, -0.15) is 13.2 Å². The first kappa shape index (κ1) is 23.2. The van der Waals surface area contributed by atoms with E-state index in [0.717, 1.165) is 32.0 Å². The summed E-state index contributed by atoms with van der Waals surface area (Å²) in [6.45, 7) is 1.68. The Kier molecular flexibility index (Phi) is 7.08. The summed E-state index contributed by atoms with van der Waals surface area (Å²) in [7, 11) is 2.07. The maximum Gasteiger partial charge on any atom is 0.416 e. The number of aromatic hydroxyl groups is 1. The lowest BCUT2D eigenvalue weighted by Crippen LogP contribution is -2.40. The SMILES string of the molecule is CN1CCC[C@@H](Nc2nnc(-c3ccc(C(F)(F)F)cc3O)c3ncccc23)C1.O=CO. The molecule has 1 aliphatic heterocycles. The van der Waals surface area contributed by atoms with Gasteiger partial charge in [0.05, 0.1) is 5.56 Å². The third-order valence-corrected chi connectivity index (χ3v) is 5.08. The van der Waals surface area contributed by atoms with E-state index in [0.29, 0.717) is 22.8 Å². The van der Waals surface area contributed by atoms with Crippen LogP contribution in [0, 0.1) is 0 Å². The molecule has 2 aromatic heterocycles. The van der Waals surface area contributed by atoms with Crippen LogP contribution >= 0.6 is 0 Å². The van der Waals surface area contributed by atoms with Crippen LogP contribution in [0.4, 0.5) is 19.0 Å². The van der Waals surface area contributed by atoms with Crippen molar-refractivity contribution in [1.29, 1.82) is 0 Å². The van der Waals surface area contributed by atoms with Crippen LogP contribution in [-0.4, -0.2) is 62.9 Å². The highest BCUT2D eigenvalue weighted by Crippen LogP contribution is 2.38. The quantitative estimate of drug-likeness (QED) is 0.520. The van der Waals surface area contributed by atoms with Crippen LogP contribution in [0.1, 0.15) is 18.4 Å². The van der Waals surface area contributed by atoms with Crippen LogP contribution in [0.25, 0.3) is 22.2 Å². The summed E-state index contributed by atoms with van der Waals surface area (Å²) in [6, 6.07) is 6.61. The molecule has 0 aliphatic carbocycles. The van der Waals surface area contributed by atoms with Crippen molar-refractivity contribution in [2.24, 2.45) is 0 Å². The molecule has 1 aromatic carbocycles. The van der Waals surface area contributed by atoms with Gasteiger partial charge in [0.2, 0.25) is 0 Å². The number of hydrogen-bond donors (Lipinski definition) is 3. The zero-order chi connectivity index (χ0) is 23.3. The van der Waals surface area contributed by atoms with Gasteiger partial charge in [0.1, 0.15) is 17.0 Å². The summed E-state index contributed by atoms with van der Waals surface area (Å²) in [5.74, 6) is 0.0549. The molecule has 11 heteroatoms. The van der Waals surface area contributed by atoms with Crippen LogP contribution in [0.15, 0.2) is 36.5 Å². The number of benzene rings is 1. The van der Waals surface area contributed by atoms with Crippen LogP contribution in [0.3, 0.4) is 0 Å². The normalized spacial score (nSPS) is 16.8. The van der Waals surface area contributed by atoms with Crippen LogP contribution in [-0.2, 0) is 11.0 Å². The van der Waals surface area contributed by atoms with E-state index in [1.165, 1.54) is 6.07 Å². The van der Waals surface area contributed by atoms with Crippen molar-refractivity contribution < 1.29 is 28.2 Å². The number of halogens is 3. The number of anilines is 1. The Labute approximate surface area is 181 Å². The fraction of sp³-hybridized carbons (Fsp3) is 0.333. The second kappa shape index (κ2) is 9.77. The van der Waals surface area contributed by atoms with Crippen molar-refractivity contribution in [1.82, 2.24) is 20.1 Å². The number of alkyl halides is 3. The van der Waals surface area contributed by atoms with Crippen molar-refractivity contribution in [2.45, 2.75) is 25.1 Å². The highest BCUT2D eigenvalue weighted by atomic mass is 19.4. The third kappa shape index (κ3) is 5.22. The lowest BCUT2D eigenvalue weighted by Gasteiger charge is -2.30. The van der Waals surface area contributed by atoms with Gasteiger partial charge in [-0.3, -0.25) is 9.78 Å². The number of nitrogens with one attached hydrogen (secondary N) is 1. The third-order valence-electron chi connectivity index (χ3n) is 5.08. The largest absolute Gasteiger partial charge is 0.507 e. The monoisotopic (exact) mass is 449 g/mol. The van der Waals surface area contributed by atoms with Crippen molar-refractivity contribution in [3.05, 3.63) is 42.1 Å². The van der Waals surface area contributed by atoms with Crippen molar-refractivity contribution >= 4 is 23.2 Å². The molecule has 1 atom stereocenters. The number of likely N-dealkylation sites (tertiary alicyclic amines) is 1. The number of carbonyl (C=O) groups is 1. The molecular weight excluding hydrogens is 427 g/mol. The topological polar surface area (TPSA) is 111 Å². The molecule has 170 valence electrons. The van der Waals surface area contributed by atoms with E-state index in [4.69, 9.17) is 9.90 Å². The molecule has 0 radical (unpaired) electrons. The van der Waals surface area contributed by atoms with Gasteiger partial charge in [-0.15, -0.1) is 10.2 Å². The lowest BCUT2D eigenvalue weighted by molar-refractivity contribution is -0.137. The zero-order valence-electron chi connectivity index (χ0n) is 17.2. The molecule has 0 unspecified atom stereocenters. The van der Waals surface area contributed by atoms with Gasteiger partial charge in [-0.25, -0.2) is 0 Å². The molecule has 3 N–H and O–H groups in total. The Morgan fingerprint density at radius 3 is 2.66 bits per heavy atom. The summed E-state index contributed by atoms with van der Waals surface area (Å²) in [5.41, 5.74) is -0.0795. The van der Waals surface area contributed by atoms with Crippen LogP contribution in [0.5, 0.6) is 5.75 Å². The van der Waals surface area contributed by atoms with E-state index in [1.54, 1.807) is 12.3 Å². The predicted molar refractivity (Wildman–Crippen MR) is 112 cm³/mol. The number of hydrogen-bond acceptors (Lipinski definition) is 7. The minimum absolute atomic E-state index is 0.151. The first-order chi connectivity index (χ1) is 15.2. The molecule has 0 spiro atoms. The Morgan fingerprint density at radius 1 is 1.25 bits per heavy atom. The predicted octanol–water partition coefficient (Wildman–Crippen LogP) is 3.62. The van der Waals surface area contributed by atoms with E-state index < -0.39 is 17.5 Å². The molecule has 4 rings (SSSR count). The first-order valence-electron chi connectivity index (χ1n) is 9.79. The number of phenols is 1. The summed E-state index contributed by atoms with van der Waals surface area (Å²) >= 11 is 0. The van der Waals surface area contributed by atoms with Gasteiger partial charge in [-0.1, -0.05) is 0 Å². The second-order valence-corrected chi connectivity index (χ2v) is 7.38. The van der Waals surface area contributed by atoms with Crippen molar-refractivity contribution in [3.8, 4) is 17.0 Å². The Hall–Kier alpha value is -3.47.